The molecule has 1 aromatic carbocycles. The quantitative estimate of drug-likeness (QED) is 0.737. The Kier molecular flexibility index (Phi) is 5.79. The molecule has 1 aromatic rings. The Hall–Kier alpha value is -1.10. The Morgan fingerprint density at radius 2 is 1.81 bits per heavy atom. The highest BCUT2D eigenvalue weighted by atomic mass is 19.4. The van der Waals surface area contributed by atoms with Crippen LogP contribution in [-0.4, -0.2) is 12.6 Å². The lowest BCUT2D eigenvalue weighted by Crippen LogP contribution is -2.33. The molecule has 0 heterocycles. The monoisotopic (exact) mass is 305 g/mol. The number of hydrogen-bond donors (Lipinski definition) is 1. The fourth-order valence-corrected chi connectivity index (χ4v) is 2.51. The van der Waals surface area contributed by atoms with Crippen LogP contribution in [0.25, 0.3) is 0 Å². The van der Waals surface area contributed by atoms with Gasteiger partial charge in [-0.05, 0) is 49.4 Å². The van der Waals surface area contributed by atoms with Crippen LogP contribution in [0.2, 0.25) is 0 Å². The van der Waals surface area contributed by atoms with Crippen LogP contribution in [0.4, 0.5) is 17.6 Å². The minimum atomic E-state index is -4.66. The zero-order valence-electron chi connectivity index (χ0n) is 12.9. The van der Waals surface area contributed by atoms with Crippen LogP contribution < -0.4 is 5.32 Å². The van der Waals surface area contributed by atoms with E-state index in [1.165, 1.54) is 6.07 Å². The van der Waals surface area contributed by atoms with E-state index in [4.69, 9.17) is 0 Å². The van der Waals surface area contributed by atoms with Gasteiger partial charge in [-0.15, -0.1) is 0 Å². The predicted molar refractivity (Wildman–Crippen MR) is 76.8 cm³/mol. The summed E-state index contributed by atoms with van der Waals surface area (Å²) < 4.78 is 51.7. The second kappa shape index (κ2) is 6.77. The smallest absolute Gasteiger partial charge is 0.314 e. The summed E-state index contributed by atoms with van der Waals surface area (Å²) in [5.41, 5.74) is -1.16. The van der Waals surface area contributed by atoms with Gasteiger partial charge in [0.2, 0.25) is 0 Å². The largest absolute Gasteiger partial charge is 0.419 e. The number of rotatable bonds is 6. The number of benzene rings is 1. The molecule has 0 aliphatic carbocycles. The highest BCUT2D eigenvalue weighted by Gasteiger charge is 2.35. The highest BCUT2D eigenvalue weighted by Crippen LogP contribution is 2.36. The topological polar surface area (TPSA) is 12.0 Å². The third-order valence-electron chi connectivity index (χ3n) is 3.61. The van der Waals surface area contributed by atoms with Gasteiger partial charge in [-0.1, -0.05) is 26.8 Å². The van der Waals surface area contributed by atoms with Gasteiger partial charge in [-0.3, -0.25) is 0 Å². The van der Waals surface area contributed by atoms with Gasteiger partial charge in [0.15, 0.2) is 0 Å². The van der Waals surface area contributed by atoms with Crippen molar-refractivity contribution in [3.63, 3.8) is 0 Å². The van der Waals surface area contributed by atoms with Crippen LogP contribution in [0.3, 0.4) is 0 Å². The zero-order valence-corrected chi connectivity index (χ0v) is 12.9. The molecule has 1 atom stereocenters. The van der Waals surface area contributed by atoms with Crippen LogP contribution in [0.1, 0.15) is 51.7 Å². The molecule has 120 valence electrons. The first-order valence-corrected chi connectivity index (χ1v) is 7.18. The number of halogens is 4. The average molecular weight is 305 g/mol. The first kappa shape index (κ1) is 18.0. The van der Waals surface area contributed by atoms with E-state index >= 15 is 0 Å². The molecule has 21 heavy (non-hydrogen) atoms. The molecule has 1 N–H and O–H groups in total. The van der Waals surface area contributed by atoms with E-state index in [1.807, 2.05) is 20.8 Å². The fourth-order valence-electron chi connectivity index (χ4n) is 2.51. The summed E-state index contributed by atoms with van der Waals surface area (Å²) in [4.78, 5) is 0. The molecule has 0 bridgehead atoms. The molecule has 0 fully saturated rings. The summed E-state index contributed by atoms with van der Waals surface area (Å²) in [6.07, 6.45) is -2.99. The zero-order chi connectivity index (χ0) is 16.3. The number of alkyl halides is 3. The molecule has 0 amide bonds. The molecule has 5 heteroatoms. The van der Waals surface area contributed by atoms with Crippen molar-refractivity contribution in [2.24, 2.45) is 0 Å². The van der Waals surface area contributed by atoms with Gasteiger partial charge in [0, 0.05) is 6.04 Å². The van der Waals surface area contributed by atoms with Gasteiger partial charge in [0.05, 0.1) is 5.56 Å². The van der Waals surface area contributed by atoms with Crippen LogP contribution in [-0.2, 0) is 11.6 Å². The van der Waals surface area contributed by atoms with E-state index < -0.39 is 23.0 Å². The summed E-state index contributed by atoms with van der Waals surface area (Å²) in [6.45, 7) is 8.69. The lowest BCUT2D eigenvalue weighted by molar-refractivity contribution is -0.140. The molecule has 1 rings (SSSR count). The molecule has 0 aliphatic rings. The number of nitrogens with one attached hydrogen (secondary N) is 1. The fraction of sp³-hybridized carbons (Fsp3) is 0.625. The normalized spacial score (nSPS) is 14.3. The van der Waals surface area contributed by atoms with Gasteiger partial charge in [-0.25, -0.2) is 4.39 Å². The van der Waals surface area contributed by atoms with E-state index in [0.717, 1.165) is 25.1 Å². The second-order valence-corrected chi connectivity index (χ2v) is 6.14. The molecular formula is C16H23F4N. The Morgan fingerprint density at radius 1 is 1.19 bits per heavy atom. The molecule has 0 radical (unpaired) electrons. The summed E-state index contributed by atoms with van der Waals surface area (Å²) in [5, 5.41) is 3.32. The van der Waals surface area contributed by atoms with Gasteiger partial charge >= 0.3 is 6.18 Å². The van der Waals surface area contributed by atoms with Crippen molar-refractivity contribution in [2.75, 3.05) is 6.54 Å². The molecular weight excluding hydrogens is 282 g/mol. The van der Waals surface area contributed by atoms with E-state index in [1.54, 1.807) is 0 Å². The van der Waals surface area contributed by atoms with Crippen molar-refractivity contribution in [1.29, 1.82) is 0 Å². The molecule has 0 saturated heterocycles. The predicted octanol–water partition coefficient (Wildman–Crippen LogP) is 4.90. The minimum Gasteiger partial charge on any atom is -0.314 e. The van der Waals surface area contributed by atoms with Crippen molar-refractivity contribution in [1.82, 2.24) is 5.32 Å². The SMILES string of the molecule is CCCNC(C)CC(C)(C)c1ccc(F)c(C(F)(F)F)c1. The molecule has 0 aromatic heterocycles. The van der Waals surface area contributed by atoms with Gasteiger partial charge < -0.3 is 5.32 Å². The third-order valence-corrected chi connectivity index (χ3v) is 3.61. The Labute approximate surface area is 123 Å². The molecule has 0 saturated carbocycles. The maximum Gasteiger partial charge on any atom is 0.419 e. The molecule has 1 unspecified atom stereocenters. The second-order valence-electron chi connectivity index (χ2n) is 6.14. The van der Waals surface area contributed by atoms with E-state index in [-0.39, 0.29) is 6.04 Å². The number of hydrogen-bond acceptors (Lipinski definition) is 1. The van der Waals surface area contributed by atoms with E-state index in [9.17, 15) is 17.6 Å². The molecule has 1 nitrogen and oxygen atoms in total. The third kappa shape index (κ3) is 4.99. The Morgan fingerprint density at radius 3 is 2.33 bits per heavy atom. The summed E-state index contributed by atoms with van der Waals surface area (Å²) in [6, 6.07) is 3.46. The summed E-state index contributed by atoms with van der Waals surface area (Å²) in [5.74, 6) is -1.22. The highest BCUT2D eigenvalue weighted by molar-refractivity contribution is 5.32. The Bertz CT molecular complexity index is 466. The minimum absolute atomic E-state index is 0.180. The van der Waals surface area contributed by atoms with Crippen molar-refractivity contribution in [2.45, 2.75) is 58.2 Å². The van der Waals surface area contributed by atoms with E-state index in [2.05, 4.69) is 12.2 Å². The van der Waals surface area contributed by atoms with Gasteiger partial charge in [0.25, 0.3) is 0 Å². The summed E-state index contributed by atoms with van der Waals surface area (Å²) in [7, 11) is 0. The van der Waals surface area contributed by atoms with Crippen molar-refractivity contribution in [3.05, 3.63) is 35.1 Å². The van der Waals surface area contributed by atoms with Crippen LogP contribution in [0.5, 0.6) is 0 Å². The Balaban J connectivity index is 2.98. The van der Waals surface area contributed by atoms with Crippen molar-refractivity contribution < 1.29 is 17.6 Å². The van der Waals surface area contributed by atoms with Crippen LogP contribution in [0.15, 0.2) is 18.2 Å². The van der Waals surface area contributed by atoms with Gasteiger partial charge in [-0.2, -0.15) is 13.2 Å². The molecule has 0 spiro atoms. The molecule has 0 aliphatic heterocycles. The summed E-state index contributed by atoms with van der Waals surface area (Å²) >= 11 is 0. The maximum atomic E-state index is 13.4. The first-order valence-electron chi connectivity index (χ1n) is 7.18. The van der Waals surface area contributed by atoms with Crippen LogP contribution >= 0.6 is 0 Å². The van der Waals surface area contributed by atoms with Gasteiger partial charge in [0.1, 0.15) is 5.82 Å². The maximum absolute atomic E-state index is 13.4. The first-order chi connectivity index (χ1) is 9.58. The van der Waals surface area contributed by atoms with Crippen molar-refractivity contribution >= 4 is 0 Å². The van der Waals surface area contributed by atoms with Crippen LogP contribution in [0, 0.1) is 5.82 Å². The standard InChI is InChI=1S/C16H23F4N/c1-5-8-21-11(2)10-15(3,4)12-6-7-14(17)13(9-12)16(18,19)20/h6-7,9,11,21H,5,8,10H2,1-4H3. The van der Waals surface area contributed by atoms with Crippen molar-refractivity contribution in [3.8, 4) is 0 Å². The van der Waals surface area contributed by atoms with E-state index in [0.29, 0.717) is 12.0 Å². The average Bonchev–Trinajstić information content (AvgIpc) is 2.34. The lowest BCUT2D eigenvalue weighted by Gasteiger charge is -2.30. The lowest BCUT2D eigenvalue weighted by atomic mass is 9.78.